The molecule has 32 heavy (non-hydrogen) atoms. The molecule has 1 aliphatic rings. The van der Waals surface area contributed by atoms with Crippen LogP contribution in [0.25, 0.3) is 0 Å². The van der Waals surface area contributed by atoms with Gasteiger partial charge in [-0.25, -0.2) is 4.39 Å². The van der Waals surface area contributed by atoms with Crippen molar-refractivity contribution in [3.05, 3.63) is 65.3 Å². The number of hydrogen-bond donors (Lipinski definition) is 0. The van der Waals surface area contributed by atoms with Gasteiger partial charge in [-0.05, 0) is 62.8 Å². The maximum atomic E-state index is 14.5. The Hall–Kier alpha value is -2.47. The molecule has 2 heterocycles. The number of piperidine rings is 1. The summed E-state index contributed by atoms with van der Waals surface area (Å²) in [7, 11) is 4.06. The maximum absolute atomic E-state index is 14.5. The molecule has 1 aromatic heterocycles. The molecule has 6 heteroatoms. The van der Waals surface area contributed by atoms with E-state index >= 15 is 0 Å². The second kappa shape index (κ2) is 10.9. The Kier molecular flexibility index (Phi) is 8.24. The fourth-order valence-corrected chi connectivity index (χ4v) is 4.65. The van der Waals surface area contributed by atoms with Crippen LogP contribution in [-0.2, 0) is 24.8 Å². The molecule has 0 bridgehead atoms. The highest BCUT2D eigenvalue weighted by molar-refractivity contribution is 5.87. The molecular weight excluding hydrogens is 403 g/mol. The van der Waals surface area contributed by atoms with E-state index in [9.17, 15) is 9.18 Å². The smallest absolute Gasteiger partial charge is 0.246 e. The van der Waals surface area contributed by atoms with Crippen LogP contribution in [0, 0.1) is 24.6 Å². The van der Waals surface area contributed by atoms with E-state index in [1.807, 2.05) is 41.8 Å². The minimum atomic E-state index is -0.144. The highest BCUT2D eigenvalue weighted by Crippen LogP contribution is 2.28. The molecule has 1 fully saturated rings. The summed E-state index contributed by atoms with van der Waals surface area (Å²) in [6.45, 7) is 8.45. The Morgan fingerprint density at radius 1 is 1.25 bits per heavy atom. The number of rotatable bonds is 8. The first-order chi connectivity index (χ1) is 15.2. The van der Waals surface area contributed by atoms with Crippen molar-refractivity contribution in [3.8, 4) is 0 Å². The number of aryl methyl sites for hydroxylation is 2. The van der Waals surface area contributed by atoms with Crippen LogP contribution in [0.5, 0.6) is 0 Å². The third-order valence-corrected chi connectivity index (χ3v) is 6.51. The molecule has 0 unspecified atom stereocenters. The molecule has 1 aliphatic heterocycles. The standard InChI is InChI=1S/C26H37FN4O/c1-19(2)10-11-26(32)31-14-12-21(13-15-31)25(16-22-8-6-7-9-24(22)27)29(4)17-23-18-30(5)28-20(23)3/h6-11,18-19,21,25H,12-17H2,1-5H3/b11-10+/t25-/m0/s1. The third kappa shape index (κ3) is 6.28. The lowest BCUT2D eigenvalue weighted by Crippen LogP contribution is -2.46. The van der Waals surface area contributed by atoms with Gasteiger partial charge in [0.25, 0.3) is 0 Å². The van der Waals surface area contributed by atoms with Crippen molar-refractivity contribution >= 4 is 5.91 Å². The van der Waals surface area contributed by atoms with Gasteiger partial charge in [-0.3, -0.25) is 14.4 Å². The molecule has 0 saturated carbocycles. The number of carbonyl (C=O) groups is 1. The topological polar surface area (TPSA) is 41.4 Å². The zero-order chi connectivity index (χ0) is 23.3. The largest absolute Gasteiger partial charge is 0.339 e. The molecule has 0 spiro atoms. The van der Waals surface area contributed by atoms with Crippen LogP contribution < -0.4 is 0 Å². The van der Waals surface area contributed by atoms with Crippen LogP contribution >= 0.6 is 0 Å². The first kappa shape index (κ1) is 24.2. The summed E-state index contributed by atoms with van der Waals surface area (Å²) in [6.07, 6.45) is 8.24. The van der Waals surface area contributed by atoms with E-state index in [4.69, 9.17) is 0 Å². The Labute approximate surface area is 191 Å². The maximum Gasteiger partial charge on any atom is 0.246 e. The molecule has 174 valence electrons. The molecule has 5 nitrogen and oxygen atoms in total. The van der Waals surface area contributed by atoms with Crippen molar-refractivity contribution in [2.24, 2.45) is 18.9 Å². The van der Waals surface area contributed by atoms with Gasteiger partial charge < -0.3 is 4.90 Å². The van der Waals surface area contributed by atoms with Gasteiger partial charge >= 0.3 is 0 Å². The highest BCUT2D eigenvalue weighted by Gasteiger charge is 2.31. The number of halogens is 1. The molecule has 1 aromatic carbocycles. The fraction of sp³-hybridized carbons (Fsp3) is 0.538. The number of nitrogens with zero attached hydrogens (tertiary/aromatic N) is 4. The molecule has 1 saturated heterocycles. The summed E-state index contributed by atoms with van der Waals surface area (Å²) in [5.41, 5.74) is 2.98. The van der Waals surface area contributed by atoms with Crippen LogP contribution in [0.1, 0.15) is 43.5 Å². The average Bonchev–Trinajstić information content (AvgIpc) is 3.08. The number of hydrogen-bond acceptors (Lipinski definition) is 3. The highest BCUT2D eigenvalue weighted by atomic mass is 19.1. The first-order valence-electron chi connectivity index (χ1n) is 11.6. The van der Waals surface area contributed by atoms with Gasteiger partial charge in [-0.1, -0.05) is 38.1 Å². The van der Waals surface area contributed by atoms with E-state index < -0.39 is 0 Å². The number of allylic oxidation sites excluding steroid dienone is 1. The van der Waals surface area contributed by atoms with E-state index in [0.29, 0.717) is 18.3 Å². The molecule has 0 aliphatic carbocycles. The Morgan fingerprint density at radius 3 is 2.53 bits per heavy atom. The predicted molar refractivity (Wildman–Crippen MR) is 127 cm³/mol. The van der Waals surface area contributed by atoms with Crippen molar-refractivity contribution in [2.75, 3.05) is 20.1 Å². The first-order valence-corrected chi connectivity index (χ1v) is 11.6. The minimum Gasteiger partial charge on any atom is -0.339 e. The van der Waals surface area contributed by atoms with Crippen LogP contribution in [0.2, 0.25) is 0 Å². The molecule has 1 amide bonds. The summed E-state index contributed by atoms with van der Waals surface area (Å²) in [5, 5.41) is 4.47. The van der Waals surface area contributed by atoms with E-state index in [2.05, 4.69) is 37.1 Å². The monoisotopic (exact) mass is 440 g/mol. The van der Waals surface area contributed by atoms with Crippen molar-refractivity contribution in [1.29, 1.82) is 0 Å². The van der Waals surface area contributed by atoms with Gasteiger partial charge in [0.05, 0.1) is 5.69 Å². The van der Waals surface area contributed by atoms with Gasteiger partial charge in [-0.2, -0.15) is 5.10 Å². The minimum absolute atomic E-state index is 0.0992. The van der Waals surface area contributed by atoms with Gasteiger partial charge in [0.2, 0.25) is 5.91 Å². The van der Waals surface area contributed by atoms with Crippen molar-refractivity contribution in [2.45, 2.75) is 52.6 Å². The average molecular weight is 441 g/mol. The molecule has 0 N–H and O–H groups in total. The molecular formula is C26H37FN4O. The normalized spacial score (nSPS) is 16.4. The van der Waals surface area contributed by atoms with Crippen LogP contribution in [0.15, 0.2) is 42.6 Å². The zero-order valence-electron chi connectivity index (χ0n) is 20.1. The summed E-state index contributed by atoms with van der Waals surface area (Å²) in [6, 6.07) is 7.27. The van der Waals surface area contributed by atoms with Crippen LogP contribution in [0.3, 0.4) is 0 Å². The number of amides is 1. The molecule has 2 aromatic rings. The second-order valence-corrected chi connectivity index (χ2v) is 9.46. The third-order valence-electron chi connectivity index (χ3n) is 6.51. The molecule has 0 radical (unpaired) electrons. The predicted octanol–water partition coefficient (Wildman–Crippen LogP) is 4.36. The van der Waals surface area contributed by atoms with E-state index in [0.717, 1.165) is 43.7 Å². The number of aromatic nitrogens is 2. The summed E-state index contributed by atoms with van der Waals surface area (Å²) in [5.74, 6) is 0.720. The van der Waals surface area contributed by atoms with Gasteiger partial charge in [0.15, 0.2) is 0 Å². The summed E-state index contributed by atoms with van der Waals surface area (Å²) in [4.78, 5) is 16.8. The van der Waals surface area contributed by atoms with E-state index in [1.54, 1.807) is 18.2 Å². The Bertz CT molecular complexity index is 928. The van der Waals surface area contributed by atoms with Crippen molar-refractivity contribution in [3.63, 3.8) is 0 Å². The van der Waals surface area contributed by atoms with Crippen molar-refractivity contribution < 1.29 is 9.18 Å². The molecule has 1 atom stereocenters. The lowest BCUT2D eigenvalue weighted by Gasteiger charge is -2.40. The quantitative estimate of drug-likeness (QED) is 0.573. The lowest BCUT2D eigenvalue weighted by atomic mass is 9.84. The second-order valence-electron chi connectivity index (χ2n) is 9.46. The zero-order valence-corrected chi connectivity index (χ0v) is 20.1. The summed E-state index contributed by atoms with van der Waals surface area (Å²) < 4.78 is 16.3. The SMILES string of the molecule is Cc1nn(C)cc1CN(C)[C@@H](Cc1ccccc1F)C1CCN(C(=O)/C=C/C(C)C)CC1. The number of carbonyl (C=O) groups excluding carboxylic acids is 1. The Morgan fingerprint density at radius 2 is 1.94 bits per heavy atom. The van der Waals surface area contributed by atoms with E-state index in [-0.39, 0.29) is 17.8 Å². The lowest BCUT2D eigenvalue weighted by molar-refractivity contribution is -0.127. The van der Waals surface area contributed by atoms with E-state index in [1.165, 1.54) is 5.56 Å². The molecule has 3 rings (SSSR count). The van der Waals surface area contributed by atoms with Crippen LogP contribution in [-0.4, -0.2) is 51.7 Å². The van der Waals surface area contributed by atoms with Crippen LogP contribution in [0.4, 0.5) is 4.39 Å². The number of likely N-dealkylation sites (tertiary alicyclic amines) is 1. The van der Waals surface area contributed by atoms with Gasteiger partial charge in [0.1, 0.15) is 5.82 Å². The summed E-state index contributed by atoms with van der Waals surface area (Å²) >= 11 is 0. The number of benzene rings is 1. The number of likely N-dealkylation sites (N-methyl/N-ethyl adjacent to an activating group) is 1. The van der Waals surface area contributed by atoms with Gasteiger partial charge in [0, 0.05) is 44.5 Å². The fourth-order valence-electron chi connectivity index (χ4n) is 4.65. The van der Waals surface area contributed by atoms with Crippen molar-refractivity contribution in [1.82, 2.24) is 19.6 Å². The Balaban J connectivity index is 1.73. The van der Waals surface area contributed by atoms with Gasteiger partial charge in [-0.15, -0.1) is 0 Å².